The van der Waals surface area contributed by atoms with Crippen molar-refractivity contribution in [3.63, 3.8) is 0 Å². The van der Waals surface area contributed by atoms with E-state index < -0.39 is 10.0 Å². The van der Waals surface area contributed by atoms with Crippen molar-refractivity contribution in [3.05, 3.63) is 23.8 Å². The number of hydrogen-bond donors (Lipinski definition) is 3. The van der Waals surface area contributed by atoms with E-state index in [9.17, 15) is 13.2 Å². The molecule has 0 saturated heterocycles. The van der Waals surface area contributed by atoms with Crippen LogP contribution in [0.2, 0.25) is 0 Å². The summed E-state index contributed by atoms with van der Waals surface area (Å²) in [6, 6.07) is 4.62. The van der Waals surface area contributed by atoms with Crippen molar-refractivity contribution in [1.29, 1.82) is 0 Å². The fraction of sp³-hybridized carbons (Fsp3) is 0.364. The van der Waals surface area contributed by atoms with Gasteiger partial charge < -0.3 is 11.1 Å². The molecular formula is C11H15N3O3S. The first-order chi connectivity index (χ1) is 8.53. The van der Waals surface area contributed by atoms with Crippen molar-refractivity contribution in [2.75, 3.05) is 18.4 Å². The number of fused-ring (bicyclic) bond motifs is 1. The van der Waals surface area contributed by atoms with Crippen molar-refractivity contribution < 1.29 is 13.2 Å². The maximum Gasteiger partial charge on any atom is 0.240 e. The van der Waals surface area contributed by atoms with Gasteiger partial charge in [0, 0.05) is 12.2 Å². The van der Waals surface area contributed by atoms with Gasteiger partial charge in [0.2, 0.25) is 15.9 Å². The molecule has 0 saturated carbocycles. The highest BCUT2D eigenvalue weighted by molar-refractivity contribution is 7.89. The summed E-state index contributed by atoms with van der Waals surface area (Å²) in [5.41, 5.74) is 6.70. The van der Waals surface area contributed by atoms with E-state index in [1.807, 2.05) is 0 Å². The minimum Gasteiger partial charge on any atom is -0.330 e. The van der Waals surface area contributed by atoms with E-state index in [0.717, 1.165) is 0 Å². The maximum atomic E-state index is 11.9. The van der Waals surface area contributed by atoms with Gasteiger partial charge in [0.05, 0.1) is 11.3 Å². The van der Waals surface area contributed by atoms with Crippen LogP contribution in [0.3, 0.4) is 0 Å². The lowest BCUT2D eigenvalue weighted by atomic mass is 10.2. The molecule has 0 bridgehead atoms. The van der Waals surface area contributed by atoms with Gasteiger partial charge in [0.25, 0.3) is 0 Å². The number of hydrogen-bond acceptors (Lipinski definition) is 4. The van der Waals surface area contributed by atoms with Gasteiger partial charge in [-0.1, -0.05) is 0 Å². The monoisotopic (exact) mass is 269 g/mol. The molecule has 0 radical (unpaired) electrons. The Balaban J connectivity index is 2.19. The maximum absolute atomic E-state index is 11.9. The Morgan fingerprint density at radius 1 is 1.39 bits per heavy atom. The van der Waals surface area contributed by atoms with Crippen LogP contribution in [-0.4, -0.2) is 27.4 Å². The third-order valence-electron chi connectivity index (χ3n) is 2.69. The first kappa shape index (κ1) is 13.0. The Morgan fingerprint density at radius 3 is 2.89 bits per heavy atom. The van der Waals surface area contributed by atoms with Crippen molar-refractivity contribution in [2.45, 2.75) is 17.7 Å². The van der Waals surface area contributed by atoms with Crippen molar-refractivity contribution >= 4 is 21.6 Å². The quantitative estimate of drug-likeness (QED) is 0.645. The highest BCUT2D eigenvalue weighted by Gasteiger charge is 2.21. The minimum absolute atomic E-state index is 0.115. The highest BCUT2D eigenvalue weighted by Crippen LogP contribution is 2.25. The Labute approximate surface area is 106 Å². The molecule has 1 heterocycles. The van der Waals surface area contributed by atoms with Crippen LogP contribution in [0.1, 0.15) is 12.0 Å². The number of nitrogens with one attached hydrogen (secondary N) is 2. The predicted octanol–water partition coefficient (Wildman–Crippen LogP) is -0.192. The zero-order valence-electron chi connectivity index (χ0n) is 9.77. The molecule has 0 atom stereocenters. The van der Waals surface area contributed by atoms with Crippen LogP contribution in [0.4, 0.5) is 5.69 Å². The smallest absolute Gasteiger partial charge is 0.240 e. The number of sulfonamides is 1. The standard InChI is InChI=1S/C11H15N3O3S/c12-4-1-5-13-18(16,17)9-2-3-10-8(6-9)7-11(15)14-10/h2-3,6,13H,1,4-5,7,12H2,(H,14,15). The summed E-state index contributed by atoms with van der Waals surface area (Å²) in [5, 5.41) is 2.66. The molecule has 0 unspecified atom stereocenters. The summed E-state index contributed by atoms with van der Waals surface area (Å²) in [5.74, 6) is -0.115. The summed E-state index contributed by atoms with van der Waals surface area (Å²) in [6.07, 6.45) is 0.811. The van der Waals surface area contributed by atoms with Crippen LogP contribution in [0.5, 0.6) is 0 Å². The Hall–Kier alpha value is -1.44. The van der Waals surface area contributed by atoms with E-state index in [2.05, 4.69) is 10.0 Å². The van der Waals surface area contributed by atoms with Gasteiger partial charge in [-0.05, 0) is 36.7 Å². The van der Waals surface area contributed by atoms with E-state index in [1.165, 1.54) is 12.1 Å². The highest BCUT2D eigenvalue weighted by atomic mass is 32.2. The van der Waals surface area contributed by atoms with Gasteiger partial charge in [-0.15, -0.1) is 0 Å². The van der Waals surface area contributed by atoms with E-state index >= 15 is 0 Å². The van der Waals surface area contributed by atoms with Crippen molar-refractivity contribution in [1.82, 2.24) is 4.72 Å². The average molecular weight is 269 g/mol. The second kappa shape index (κ2) is 5.05. The first-order valence-electron chi connectivity index (χ1n) is 5.65. The van der Waals surface area contributed by atoms with Crippen molar-refractivity contribution in [2.24, 2.45) is 5.73 Å². The number of rotatable bonds is 5. The number of benzene rings is 1. The Morgan fingerprint density at radius 2 is 2.17 bits per heavy atom. The van der Waals surface area contributed by atoms with Gasteiger partial charge in [0.15, 0.2) is 0 Å². The van der Waals surface area contributed by atoms with Crippen LogP contribution in [0.25, 0.3) is 0 Å². The van der Waals surface area contributed by atoms with E-state index in [-0.39, 0.29) is 17.2 Å². The molecule has 1 aliphatic rings. The molecule has 0 fully saturated rings. The average Bonchev–Trinajstić information content (AvgIpc) is 2.68. The van der Waals surface area contributed by atoms with Gasteiger partial charge in [-0.3, -0.25) is 4.79 Å². The van der Waals surface area contributed by atoms with Crippen LogP contribution >= 0.6 is 0 Å². The third kappa shape index (κ3) is 2.69. The third-order valence-corrected chi connectivity index (χ3v) is 4.14. The zero-order valence-corrected chi connectivity index (χ0v) is 10.6. The van der Waals surface area contributed by atoms with Crippen molar-refractivity contribution in [3.8, 4) is 0 Å². The fourth-order valence-corrected chi connectivity index (χ4v) is 2.89. The summed E-state index contributed by atoms with van der Waals surface area (Å²) in [7, 11) is -3.52. The SMILES string of the molecule is NCCCNS(=O)(=O)c1ccc2c(c1)CC(=O)N2. The van der Waals surface area contributed by atoms with Gasteiger partial charge >= 0.3 is 0 Å². The molecule has 1 aliphatic heterocycles. The minimum atomic E-state index is -3.52. The number of carbonyl (C=O) groups excluding carboxylic acids is 1. The molecular weight excluding hydrogens is 254 g/mol. The Kier molecular flexibility index (Phi) is 3.65. The number of amides is 1. The molecule has 4 N–H and O–H groups in total. The van der Waals surface area contributed by atoms with E-state index in [0.29, 0.717) is 30.8 Å². The lowest BCUT2D eigenvalue weighted by molar-refractivity contribution is -0.115. The number of anilines is 1. The van der Waals surface area contributed by atoms with E-state index in [1.54, 1.807) is 6.07 Å². The molecule has 7 heteroatoms. The number of carbonyl (C=O) groups is 1. The topological polar surface area (TPSA) is 101 Å². The summed E-state index contributed by atoms with van der Waals surface area (Å²) in [4.78, 5) is 11.4. The molecule has 0 aliphatic carbocycles. The largest absolute Gasteiger partial charge is 0.330 e. The van der Waals surface area contributed by atoms with Gasteiger partial charge in [-0.25, -0.2) is 13.1 Å². The van der Waals surface area contributed by atoms with Gasteiger partial charge in [0.1, 0.15) is 0 Å². The molecule has 1 aromatic rings. The second-order valence-electron chi connectivity index (χ2n) is 4.08. The van der Waals surface area contributed by atoms with Crippen LogP contribution < -0.4 is 15.8 Å². The fourth-order valence-electron chi connectivity index (χ4n) is 1.76. The van der Waals surface area contributed by atoms with E-state index in [4.69, 9.17) is 5.73 Å². The lowest BCUT2D eigenvalue weighted by Crippen LogP contribution is -2.26. The summed E-state index contributed by atoms with van der Waals surface area (Å²) < 4.78 is 26.3. The Bertz CT molecular complexity index is 569. The summed E-state index contributed by atoms with van der Waals surface area (Å²) >= 11 is 0. The molecule has 1 aromatic carbocycles. The molecule has 2 rings (SSSR count). The second-order valence-corrected chi connectivity index (χ2v) is 5.85. The summed E-state index contributed by atoms with van der Waals surface area (Å²) in [6.45, 7) is 0.748. The zero-order chi connectivity index (χ0) is 13.2. The number of nitrogens with two attached hydrogens (primary N) is 1. The van der Waals surface area contributed by atoms with Crippen LogP contribution in [0.15, 0.2) is 23.1 Å². The van der Waals surface area contributed by atoms with Crippen LogP contribution in [0, 0.1) is 0 Å². The molecule has 6 nitrogen and oxygen atoms in total. The molecule has 0 spiro atoms. The molecule has 1 amide bonds. The normalized spacial score (nSPS) is 14.4. The molecule has 98 valence electrons. The first-order valence-corrected chi connectivity index (χ1v) is 7.14. The molecule has 0 aromatic heterocycles. The van der Waals surface area contributed by atoms with Crippen LogP contribution in [-0.2, 0) is 21.2 Å². The van der Waals surface area contributed by atoms with Gasteiger partial charge in [-0.2, -0.15) is 0 Å². The molecule has 18 heavy (non-hydrogen) atoms. The predicted molar refractivity (Wildman–Crippen MR) is 67.6 cm³/mol. The lowest BCUT2D eigenvalue weighted by Gasteiger charge is -2.07.